The minimum Gasteiger partial charge on any atom is -0.394 e. The third-order valence-corrected chi connectivity index (χ3v) is 6.02. The lowest BCUT2D eigenvalue weighted by Gasteiger charge is -2.43. The Morgan fingerprint density at radius 3 is 3.00 bits per heavy atom. The highest BCUT2D eigenvalue weighted by atomic mass is 16.5. The van der Waals surface area contributed by atoms with E-state index < -0.39 is 0 Å². The van der Waals surface area contributed by atoms with E-state index in [1.54, 1.807) is 0 Å². The van der Waals surface area contributed by atoms with Crippen LogP contribution in [0, 0.1) is 0 Å². The number of aromatic nitrogens is 1. The van der Waals surface area contributed by atoms with E-state index >= 15 is 0 Å². The van der Waals surface area contributed by atoms with Crippen LogP contribution >= 0.6 is 0 Å². The third kappa shape index (κ3) is 3.12. The molecule has 3 fully saturated rings. The van der Waals surface area contributed by atoms with E-state index in [9.17, 15) is 0 Å². The van der Waals surface area contributed by atoms with E-state index in [1.165, 1.54) is 12.8 Å². The second-order valence-electron chi connectivity index (χ2n) is 7.49. The number of fused-ring (bicyclic) bond motifs is 1. The van der Waals surface area contributed by atoms with Crippen molar-refractivity contribution in [3.8, 4) is 0 Å². The summed E-state index contributed by atoms with van der Waals surface area (Å²) in [5.74, 6) is 1.66. The topological polar surface area (TPSA) is 68.0 Å². The van der Waals surface area contributed by atoms with E-state index in [2.05, 4.69) is 16.1 Å². The van der Waals surface area contributed by atoms with Crippen molar-refractivity contribution < 1.29 is 19.1 Å². The van der Waals surface area contributed by atoms with Gasteiger partial charge in [-0.05, 0) is 38.5 Å². The van der Waals surface area contributed by atoms with Gasteiger partial charge in [-0.2, -0.15) is 0 Å². The molecule has 1 aromatic rings. The zero-order valence-electron chi connectivity index (χ0n) is 14.4. The summed E-state index contributed by atoms with van der Waals surface area (Å²) in [6.45, 7) is 2.35. The van der Waals surface area contributed by atoms with E-state index in [0.29, 0.717) is 18.6 Å². The fourth-order valence-electron chi connectivity index (χ4n) is 4.49. The van der Waals surface area contributed by atoms with Crippen molar-refractivity contribution in [2.75, 3.05) is 26.9 Å². The number of methoxy groups -OCH3 is 1. The number of rotatable bonds is 7. The molecule has 24 heavy (non-hydrogen) atoms. The number of ether oxygens (including phenoxy) is 2. The molecule has 3 atom stereocenters. The number of hydrogen-bond donors (Lipinski definition) is 1. The van der Waals surface area contributed by atoms with Gasteiger partial charge in [0.05, 0.1) is 30.6 Å². The van der Waals surface area contributed by atoms with Crippen molar-refractivity contribution in [2.45, 2.75) is 68.7 Å². The van der Waals surface area contributed by atoms with Gasteiger partial charge in [-0.1, -0.05) is 5.16 Å². The van der Waals surface area contributed by atoms with Gasteiger partial charge in [-0.3, -0.25) is 4.90 Å². The Labute approximate surface area is 143 Å². The van der Waals surface area contributed by atoms with Gasteiger partial charge in [0.2, 0.25) is 0 Å². The van der Waals surface area contributed by atoms with Gasteiger partial charge < -0.3 is 19.1 Å². The average Bonchev–Trinajstić information content (AvgIpc) is 3.26. The Kier molecular flexibility index (Phi) is 4.64. The van der Waals surface area contributed by atoms with Crippen molar-refractivity contribution in [1.82, 2.24) is 10.1 Å². The SMILES string of the molecule is CO[C@@]12CC[C@H](OCCO)C[C@@H]1N(Cc1cc(C3CC3)on1)CC2. The molecule has 6 heteroatoms. The predicted octanol–water partition coefficient (Wildman–Crippen LogP) is 2.07. The van der Waals surface area contributed by atoms with Gasteiger partial charge in [-0.15, -0.1) is 0 Å². The van der Waals surface area contributed by atoms with Crippen molar-refractivity contribution in [3.05, 3.63) is 17.5 Å². The first kappa shape index (κ1) is 16.5. The smallest absolute Gasteiger partial charge is 0.140 e. The number of hydrogen-bond acceptors (Lipinski definition) is 6. The van der Waals surface area contributed by atoms with Crippen molar-refractivity contribution >= 4 is 0 Å². The molecule has 1 saturated heterocycles. The summed E-state index contributed by atoms with van der Waals surface area (Å²) in [6, 6.07) is 2.48. The Balaban J connectivity index is 1.44. The van der Waals surface area contributed by atoms with Gasteiger partial charge in [0.1, 0.15) is 5.76 Å². The van der Waals surface area contributed by atoms with E-state index in [1.807, 2.05) is 7.11 Å². The van der Waals surface area contributed by atoms with Crippen molar-refractivity contribution in [3.63, 3.8) is 0 Å². The second-order valence-corrected chi connectivity index (χ2v) is 7.49. The lowest BCUT2D eigenvalue weighted by Crippen LogP contribution is -2.51. The van der Waals surface area contributed by atoms with E-state index in [0.717, 1.165) is 50.2 Å². The summed E-state index contributed by atoms with van der Waals surface area (Å²) in [5.41, 5.74) is 0.976. The van der Waals surface area contributed by atoms with E-state index in [4.69, 9.17) is 19.1 Å². The summed E-state index contributed by atoms with van der Waals surface area (Å²) in [7, 11) is 1.84. The molecule has 6 nitrogen and oxygen atoms in total. The molecule has 3 aliphatic rings. The first-order valence-electron chi connectivity index (χ1n) is 9.21. The Morgan fingerprint density at radius 1 is 1.38 bits per heavy atom. The molecule has 0 amide bonds. The Bertz CT molecular complexity index is 559. The largest absolute Gasteiger partial charge is 0.394 e. The average molecular weight is 336 g/mol. The molecular formula is C18H28N2O4. The second kappa shape index (κ2) is 6.75. The molecule has 0 unspecified atom stereocenters. The number of aliphatic hydroxyl groups excluding tert-OH is 1. The van der Waals surface area contributed by atoms with E-state index in [-0.39, 0.29) is 18.3 Å². The van der Waals surface area contributed by atoms with Crippen LogP contribution in [0.25, 0.3) is 0 Å². The number of nitrogens with zero attached hydrogens (tertiary/aromatic N) is 2. The summed E-state index contributed by atoms with van der Waals surface area (Å²) >= 11 is 0. The zero-order chi connectivity index (χ0) is 16.6. The lowest BCUT2D eigenvalue weighted by atomic mass is 9.79. The van der Waals surface area contributed by atoms with Crippen LogP contribution in [-0.4, -0.2) is 59.8 Å². The normalized spacial score (nSPS) is 33.8. The van der Waals surface area contributed by atoms with Crippen molar-refractivity contribution in [1.29, 1.82) is 0 Å². The molecular weight excluding hydrogens is 308 g/mol. The zero-order valence-corrected chi connectivity index (χ0v) is 14.4. The molecule has 0 radical (unpaired) electrons. The highest BCUT2D eigenvalue weighted by Gasteiger charge is 2.51. The van der Waals surface area contributed by atoms with Gasteiger partial charge in [0.15, 0.2) is 0 Å². The quantitative estimate of drug-likeness (QED) is 0.822. The third-order valence-electron chi connectivity index (χ3n) is 6.02. The van der Waals surface area contributed by atoms with Crippen LogP contribution < -0.4 is 0 Å². The van der Waals surface area contributed by atoms with Crippen LogP contribution in [0.5, 0.6) is 0 Å². The van der Waals surface area contributed by atoms with Crippen LogP contribution in [0.3, 0.4) is 0 Å². The van der Waals surface area contributed by atoms with Crippen LogP contribution in [0.15, 0.2) is 10.6 Å². The van der Waals surface area contributed by atoms with Gasteiger partial charge in [-0.25, -0.2) is 0 Å². The molecule has 134 valence electrons. The Hall–Kier alpha value is -0.950. The molecule has 0 aromatic carbocycles. The minimum absolute atomic E-state index is 0.0534. The number of likely N-dealkylation sites (tertiary alicyclic amines) is 1. The summed E-state index contributed by atoms with van der Waals surface area (Å²) in [4.78, 5) is 2.48. The maximum Gasteiger partial charge on any atom is 0.140 e. The van der Waals surface area contributed by atoms with Crippen LogP contribution in [0.2, 0.25) is 0 Å². The standard InChI is InChI=1S/C18H28N2O4/c1-22-18-5-4-15(23-9-8-21)11-17(18)20(7-6-18)12-14-10-16(24-19-14)13-2-3-13/h10,13,15,17,21H,2-9,11-12H2,1H3/t15-,17-,18+/m0/s1. The molecule has 1 aliphatic heterocycles. The first-order chi connectivity index (χ1) is 11.7. The molecule has 2 aliphatic carbocycles. The number of aliphatic hydroxyl groups is 1. The molecule has 0 spiro atoms. The fraction of sp³-hybridized carbons (Fsp3) is 0.833. The summed E-state index contributed by atoms with van der Waals surface area (Å²) in [6.07, 6.45) is 6.73. The summed E-state index contributed by atoms with van der Waals surface area (Å²) < 4.78 is 17.3. The fourth-order valence-corrected chi connectivity index (χ4v) is 4.49. The maximum absolute atomic E-state index is 9.00. The molecule has 1 aromatic heterocycles. The monoisotopic (exact) mass is 336 g/mol. The van der Waals surface area contributed by atoms with Gasteiger partial charge in [0, 0.05) is 38.2 Å². The lowest BCUT2D eigenvalue weighted by molar-refractivity contribution is -0.104. The van der Waals surface area contributed by atoms with Crippen molar-refractivity contribution in [2.24, 2.45) is 0 Å². The highest BCUT2D eigenvalue weighted by Crippen LogP contribution is 2.44. The first-order valence-corrected chi connectivity index (χ1v) is 9.21. The molecule has 4 rings (SSSR count). The molecule has 1 N–H and O–H groups in total. The minimum atomic E-state index is -0.0534. The Morgan fingerprint density at radius 2 is 2.25 bits per heavy atom. The maximum atomic E-state index is 9.00. The molecule has 2 heterocycles. The van der Waals surface area contributed by atoms with Crippen LogP contribution in [0.1, 0.15) is 55.9 Å². The van der Waals surface area contributed by atoms with Gasteiger partial charge >= 0.3 is 0 Å². The summed E-state index contributed by atoms with van der Waals surface area (Å²) in [5, 5.41) is 13.3. The highest BCUT2D eigenvalue weighted by molar-refractivity contribution is 5.15. The molecule has 2 saturated carbocycles. The van der Waals surface area contributed by atoms with Crippen LogP contribution in [0.4, 0.5) is 0 Å². The van der Waals surface area contributed by atoms with Gasteiger partial charge in [0.25, 0.3) is 0 Å². The molecule has 0 bridgehead atoms. The van der Waals surface area contributed by atoms with Crippen LogP contribution in [-0.2, 0) is 16.0 Å². The predicted molar refractivity (Wildman–Crippen MR) is 87.7 cm³/mol.